The lowest BCUT2D eigenvalue weighted by Crippen LogP contribution is -2.29. The van der Waals surface area contributed by atoms with Crippen molar-refractivity contribution in [3.05, 3.63) is 65.0 Å². The van der Waals surface area contributed by atoms with Gasteiger partial charge in [-0.05, 0) is 55.4 Å². The molecule has 7 heteroatoms. The van der Waals surface area contributed by atoms with Crippen LogP contribution in [0.15, 0.2) is 41.3 Å². The number of Topliss-reactive ketones (excluding diaryl/α,β-unsaturated/α-hetero) is 1. The van der Waals surface area contributed by atoms with E-state index in [0.717, 1.165) is 24.3 Å². The second-order valence-electron chi connectivity index (χ2n) is 6.37. The van der Waals surface area contributed by atoms with E-state index in [1.54, 1.807) is 0 Å². The van der Waals surface area contributed by atoms with Crippen molar-refractivity contribution in [3.8, 4) is 0 Å². The second-order valence-corrected chi connectivity index (χ2v) is 7.75. The summed E-state index contributed by atoms with van der Waals surface area (Å²) in [6.07, 6.45) is 1.40. The molecule has 0 saturated heterocycles. The van der Waals surface area contributed by atoms with Crippen molar-refractivity contribution in [2.45, 2.75) is 24.3 Å². The summed E-state index contributed by atoms with van der Waals surface area (Å²) in [5.74, 6) is -3.08. The average Bonchev–Trinajstić information content (AvgIpc) is 2.79. The van der Waals surface area contributed by atoms with Crippen LogP contribution in [0.2, 0.25) is 0 Å². The third-order valence-corrected chi connectivity index (χ3v) is 4.99. The van der Waals surface area contributed by atoms with Crippen molar-refractivity contribution in [1.82, 2.24) is 0 Å². The van der Waals surface area contributed by atoms with Crippen LogP contribution in [0.1, 0.15) is 25.0 Å². The number of carbonyl (C=O) groups is 1. The molecule has 0 radical (unpaired) electrons. The first-order chi connectivity index (χ1) is 12.1. The molecule has 0 aromatic heterocycles. The molecule has 136 valence electrons. The molecule has 0 spiro atoms. The van der Waals surface area contributed by atoms with Gasteiger partial charge in [-0.3, -0.25) is 4.79 Å². The average molecular weight is 380 g/mol. The summed E-state index contributed by atoms with van der Waals surface area (Å²) < 4.78 is 59.6. The quantitative estimate of drug-likeness (QED) is 0.754. The minimum Gasteiger partial charge on any atom is -0.612 e. The van der Waals surface area contributed by atoms with E-state index in [9.17, 15) is 22.5 Å². The van der Waals surface area contributed by atoms with E-state index in [0.29, 0.717) is 0 Å². The van der Waals surface area contributed by atoms with Gasteiger partial charge >= 0.3 is 0 Å². The third-order valence-electron chi connectivity index (χ3n) is 4.07. The Kier molecular flexibility index (Phi) is 4.62. The zero-order chi connectivity index (χ0) is 19.2. The first kappa shape index (κ1) is 18.5. The van der Waals surface area contributed by atoms with Crippen LogP contribution in [0, 0.1) is 17.5 Å². The Bertz CT molecular complexity index is 936. The second kappa shape index (κ2) is 6.48. The smallest absolute Gasteiger partial charge is 0.210 e. The molecular weight excluding hydrogens is 365 g/mol. The number of ether oxygens (including phenoxy) is 1. The lowest BCUT2D eigenvalue weighted by atomic mass is 9.92. The maximum atomic E-state index is 14.6. The summed E-state index contributed by atoms with van der Waals surface area (Å²) >= 11 is -1.40. The highest BCUT2D eigenvalue weighted by Crippen LogP contribution is 2.42. The minimum absolute atomic E-state index is 0.0863. The number of benzene rings is 2. The lowest BCUT2D eigenvalue weighted by Gasteiger charge is -2.18. The Labute approximate surface area is 151 Å². The van der Waals surface area contributed by atoms with Crippen molar-refractivity contribution < 1.29 is 27.3 Å². The summed E-state index contributed by atoms with van der Waals surface area (Å²) in [5, 5.41) is 0. The van der Waals surface area contributed by atoms with Crippen LogP contribution < -0.4 is 0 Å². The molecule has 0 aliphatic carbocycles. The molecule has 1 unspecified atom stereocenters. The van der Waals surface area contributed by atoms with Gasteiger partial charge in [0, 0.05) is 11.6 Å². The summed E-state index contributed by atoms with van der Waals surface area (Å²) in [4.78, 5) is 13.0. The Balaban J connectivity index is 2.25. The molecular formula is C19H15F3O3S. The predicted octanol–water partition coefficient (Wildman–Crippen LogP) is 4.09. The highest BCUT2D eigenvalue weighted by atomic mass is 32.2. The summed E-state index contributed by atoms with van der Waals surface area (Å²) in [5.41, 5.74) is -1.96. The van der Waals surface area contributed by atoms with E-state index in [1.807, 2.05) is 0 Å². The van der Waals surface area contributed by atoms with Gasteiger partial charge in [0.25, 0.3) is 0 Å². The topological polar surface area (TPSA) is 49.4 Å². The van der Waals surface area contributed by atoms with E-state index in [1.165, 1.54) is 32.2 Å². The number of hydrogen-bond acceptors (Lipinski definition) is 3. The van der Waals surface area contributed by atoms with Gasteiger partial charge in [0.15, 0.2) is 10.5 Å². The van der Waals surface area contributed by atoms with Crippen molar-refractivity contribution in [1.29, 1.82) is 0 Å². The van der Waals surface area contributed by atoms with E-state index < -0.39 is 40.0 Å². The van der Waals surface area contributed by atoms with Crippen LogP contribution in [0.4, 0.5) is 13.2 Å². The lowest BCUT2D eigenvalue weighted by molar-refractivity contribution is -0.125. The molecule has 26 heavy (non-hydrogen) atoms. The fourth-order valence-electron chi connectivity index (χ4n) is 2.74. The Morgan fingerprint density at radius 2 is 1.69 bits per heavy atom. The van der Waals surface area contributed by atoms with Crippen LogP contribution in [-0.4, -0.2) is 22.2 Å². The van der Waals surface area contributed by atoms with Crippen LogP contribution in [0.5, 0.6) is 0 Å². The van der Waals surface area contributed by atoms with Gasteiger partial charge in [0.05, 0.1) is 11.1 Å². The number of ketones is 1. The van der Waals surface area contributed by atoms with Crippen molar-refractivity contribution in [2.24, 2.45) is 0 Å². The van der Waals surface area contributed by atoms with Gasteiger partial charge in [0.2, 0.25) is 5.78 Å². The minimum atomic E-state index is -1.40. The number of rotatable bonds is 3. The van der Waals surface area contributed by atoms with Crippen LogP contribution in [-0.2, 0) is 20.7 Å². The van der Waals surface area contributed by atoms with Crippen LogP contribution in [0.25, 0.3) is 11.3 Å². The van der Waals surface area contributed by atoms with Gasteiger partial charge in [-0.1, -0.05) is 0 Å². The number of carbonyl (C=O) groups excluding carboxylic acids is 1. The van der Waals surface area contributed by atoms with E-state index in [-0.39, 0.29) is 27.4 Å². The molecule has 1 aliphatic heterocycles. The highest BCUT2D eigenvalue weighted by molar-refractivity contribution is 7.90. The first-order valence-corrected chi connectivity index (χ1v) is 9.24. The Hall–Kier alpha value is -2.25. The summed E-state index contributed by atoms with van der Waals surface area (Å²) in [6, 6.07) is 6.51. The Morgan fingerprint density at radius 1 is 1.00 bits per heavy atom. The predicted molar refractivity (Wildman–Crippen MR) is 92.1 cm³/mol. The van der Waals surface area contributed by atoms with Crippen LogP contribution in [0.3, 0.4) is 0 Å². The molecule has 3 nitrogen and oxygen atoms in total. The molecule has 3 rings (SSSR count). The van der Waals surface area contributed by atoms with E-state index in [4.69, 9.17) is 4.74 Å². The molecule has 0 saturated carbocycles. The zero-order valence-corrected chi connectivity index (χ0v) is 15.0. The maximum Gasteiger partial charge on any atom is 0.210 e. The van der Waals surface area contributed by atoms with E-state index in [2.05, 4.69) is 0 Å². The molecule has 0 fully saturated rings. The van der Waals surface area contributed by atoms with Gasteiger partial charge in [-0.25, -0.2) is 13.2 Å². The van der Waals surface area contributed by atoms with Gasteiger partial charge in [0.1, 0.15) is 29.5 Å². The molecule has 0 amide bonds. The monoisotopic (exact) mass is 380 g/mol. The van der Waals surface area contributed by atoms with Gasteiger partial charge < -0.3 is 9.29 Å². The van der Waals surface area contributed by atoms with Crippen LogP contribution >= 0.6 is 0 Å². The SMILES string of the molecule is C[S+]([O-])c1ccc(C2=C(c3cc(F)ccc3F)C(=O)C(C)(C)O2)c(F)c1. The molecule has 2 aromatic rings. The first-order valence-electron chi connectivity index (χ1n) is 7.68. The molecule has 2 aromatic carbocycles. The maximum absolute atomic E-state index is 14.6. The fraction of sp³-hybridized carbons (Fsp3) is 0.211. The molecule has 1 aliphatic rings. The third kappa shape index (κ3) is 3.12. The van der Waals surface area contributed by atoms with Gasteiger partial charge in [-0.15, -0.1) is 0 Å². The Morgan fingerprint density at radius 3 is 2.31 bits per heavy atom. The largest absolute Gasteiger partial charge is 0.612 e. The van der Waals surface area contributed by atoms with Crippen molar-refractivity contribution >= 4 is 28.3 Å². The van der Waals surface area contributed by atoms with E-state index >= 15 is 0 Å². The van der Waals surface area contributed by atoms with Crippen molar-refractivity contribution in [3.63, 3.8) is 0 Å². The number of halogens is 3. The normalized spacial score (nSPS) is 17.4. The number of hydrogen-bond donors (Lipinski definition) is 0. The molecule has 1 atom stereocenters. The summed E-state index contributed by atoms with van der Waals surface area (Å²) in [7, 11) is 0. The fourth-order valence-corrected chi connectivity index (χ4v) is 3.27. The molecule has 0 N–H and O–H groups in total. The highest BCUT2D eigenvalue weighted by Gasteiger charge is 2.44. The standard InChI is InChI=1S/C19H15F3O3S/c1-19(2)18(23)16(13-8-10(20)4-7-14(13)21)17(25-19)12-6-5-11(26(3)24)9-15(12)22/h4-9H,1-3H3. The molecule has 1 heterocycles. The van der Waals surface area contributed by atoms with Gasteiger partial charge in [-0.2, -0.15) is 0 Å². The zero-order valence-electron chi connectivity index (χ0n) is 14.2. The summed E-state index contributed by atoms with van der Waals surface area (Å²) in [6.45, 7) is 2.93. The molecule has 0 bridgehead atoms. The van der Waals surface area contributed by atoms with Crippen molar-refractivity contribution in [2.75, 3.05) is 6.26 Å².